The van der Waals surface area contributed by atoms with Crippen molar-refractivity contribution in [3.05, 3.63) is 69.1 Å². The van der Waals surface area contributed by atoms with Crippen molar-refractivity contribution in [2.75, 3.05) is 6.54 Å². The maximum atomic E-state index is 6.49. The first-order chi connectivity index (χ1) is 14.2. The predicted molar refractivity (Wildman–Crippen MR) is 115 cm³/mol. The van der Waals surface area contributed by atoms with Crippen molar-refractivity contribution in [3.63, 3.8) is 0 Å². The molecule has 0 bridgehead atoms. The zero-order valence-electron chi connectivity index (χ0n) is 16.2. The first kappa shape index (κ1) is 18.2. The normalized spacial score (nSPS) is 18.3. The first-order valence-corrected chi connectivity index (χ1v) is 10.1. The van der Waals surface area contributed by atoms with Crippen LogP contribution in [0, 0.1) is 0 Å². The smallest absolute Gasteiger partial charge is 0.147 e. The van der Waals surface area contributed by atoms with Crippen molar-refractivity contribution in [2.45, 2.75) is 32.4 Å². The Balaban J connectivity index is 1.56. The highest BCUT2D eigenvalue weighted by Crippen LogP contribution is 2.46. The molecule has 0 fully saturated rings. The van der Waals surface area contributed by atoms with Gasteiger partial charge in [-0.15, -0.1) is 0 Å². The van der Waals surface area contributed by atoms with Gasteiger partial charge in [0.15, 0.2) is 0 Å². The summed E-state index contributed by atoms with van der Waals surface area (Å²) in [6, 6.07) is 5.95. The molecule has 0 amide bonds. The molecule has 4 heterocycles. The number of fused-ring (bicyclic) bond motifs is 2. The van der Waals surface area contributed by atoms with E-state index >= 15 is 0 Å². The minimum atomic E-state index is -0.122. The molecule has 3 aromatic rings. The standard InChI is InChI=1S/C22H22ClN5O/c1-3-14(15-4-7-26-22(15)24-2)16-10-13(23)8-12-9-19(29-21(12)16)20-17-11-25-6-5-18(17)27-28-20/h3-4,7-8,10,19,25-26H,2,5-6,9,11H2,1H3,(H,27,28)/b14-3+. The van der Waals surface area contributed by atoms with Gasteiger partial charge in [0.1, 0.15) is 23.4 Å². The number of hydrogen-bond donors (Lipinski definition) is 3. The van der Waals surface area contributed by atoms with Crippen LogP contribution in [0.1, 0.15) is 46.7 Å². The number of halogens is 1. The van der Waals surface area contributed by atoms with Crippen molar-refractivity contribution in [3.8, 4) is 5.75 Å². The largest absolute Gasteiger partial charge is 0.483 e. The van der Waals surface area contributed by atoms with Crippen molar-refractivity contribution in [1.82, 2.24) is 20.5 Å². The van der Waals surface area contributed by atoms with Crippen LogP contribution >= 0.6 is 11.6 Å². The highest BCUT2D eigenvalue weighted by Gasteiger charge is 2.33. The number of ether oxygens (including phenoxy) is 1. The molecule has 0 radical (unpaired) electrons. The number of rotatable bonds is 4. The average molecular weight is 408 g/mol. The third kappa shape index (κ3) is 2.99. The van der Waals surface area contributed by atoms with E-state index < -0.39 is 0 Å². The van der Waals surface area contributed by atoms with Crippen molar-refractivity contribution in [1.29, 1.82) is 0 Å². The Morgan fingerprint density at radius 1 is 1.38 bits per heavy atom. The minimum Gasteiger partial charge on any atom is -0.483 e. The Labute approximate surface area is 174 Å². The maximum absolute atomic E-state index is 6.49. The molecule has 2 aliphatic rings. The van der Waals surface area contributed by atoms with Crippen LogP contribution in [0.2, 0.25) is 5.02 Å². The molecule has 0 spiro atoms. The van der Waals surface area contributed by atoms with E-state index in [2.05, 4.69) is 38.3 Å². The number of benzene rings is 1. The average Bonchev–Trinajstić information content (AvgIpc) is 3.45. The molecule has 7 heteroatoms. The summed E-state index contributed by atoms with van der Waals surface area (Å²) in [5.74, 6) is 1.60. The SMILES string of the molecule is C=Nc1[nH]ccc1/C(=C\C)c1cc(Cl)cc2c1OC(c1n[nH]c3c1CNCC3)C2. The van der Waals surface area contributed by atoms with Gasteiger partial charge in [0.2, 0.25) is 0 Å². The lowest BCUT2D eigenvalue weighted by molar-refractivity contribution is 0.231. The molecule has 0 saturated carbocycles. The Morgan fingerprint density at radius 2 is 2.28 bits per heavy atom. The zero-order chi connectivity index (χ0) is 20.0. The Hall–Kier alpha value is -2.83. The molecular formula is C22H22ClN5O. The van der Waals surface area contributed by atoms with Gasteiger partial charge in [-0.1, -0.05) is 17.7 Å². The van der Waals surface area contributed by atoms with E-state index in [0.29, 0.717) is 5.02 Å². The number of aromatic nitrogens is 3. The van der Waals surface area contributed by atoms with E-state index in [1.54, 1.807) is 0 Å². The van der Waals surface area contributed by atoms with Crippen molar-refractivity contribution < 1.29 is 4.74 Å². The van der Waals surface area contributed by atoms with Gasteiger partial charge in [-0.2, -0.15) is 5.10 Å². The number of H-pyrrole nitrogens is 2. The van der Waals surface area contributed by atoms with Crippen LogP contribution in [-0.2, 0) is 19.4 Å². The van der Waals surface area contributed by atoms with Crippen LogP contribution in [-0.4, -0.2) is 28.4 Å². The van der Waals surface area contributed by atoms with Gasteiger partial charge in [0.25, 0.3) is 0 Å². The highest BCUT2D eigenvalue weighted by atomic mass is 35.5. The Kier molecular flexibility index (Phi) is 4.53. The molecule has 2 aromatic heterocycles. The summed E-state index contributed by atoms with van der Waals surface area (Å²) in [6.45, 7) is 7.47. The lowest BCUT2D eigenvalue weighted by atomic mass is 9.95. The van der Waals surface area contributed by atoms with Crippen molar-refractivity contribution >= 4 is 29.7 Å². The van der Waals surface area contributed by atoms with Crippen LogP contribution in [0.5, 0.6) is 5.75 Å². The van der Waals surface area contributed by atoms with Gasteiger partial charge in [-0.3, -0.25) is 5.10 Å². The van der Waals surface area contributed by atoms with Crippen LogP contribution in [0.25, 0.3) is 5.57 Å². The van der Waals surface area contributed by atoms with E-state index in [1.807, 2.05) is 31.3 Å². The third-order valence-corrected chi connectivity index (χ3v) is 5.91. The lowest BCUT2D eigenvalue weighted by Gasteiger charge is -2.17. The second-order valence-corrected chi connectivity index (χ2v) is 7.78. The van der Waals surface area contributed by atoms with Gasteiger partial charge in [-0.25, -0.2) is 4.99 Å². The molecule has 0 aliphatic carbocycles. The molecule has 2 aliphatic heterocycles. The van der Waals surface area contributed by atoms with Crippen molar-refractivity contribution in [2.24, 2.45) is 4.99 Å². The zero-order valence-corrected chi connectivity index (χ0v) is 16.9. The van der Waals surface area contributed by atoms with Gasteiger partial charge in [-0.05, 0) is 37.4 Å². The molecule has 1 atom stereocenters. The molecular weight excluding hydrogens is 386 g/mol. The predicted octanol–water partition coefficient (Wildman–Crippen LogP) is 4.50. The van der Waals surface area contributed by atoms with Crippen LogP contribution in [0.15, 0.2) is 35.5 Å². The van der Waals surface area contributed by atoms with Crippen LogP contribution in [0.3, 0.4) is 0 Å². The number of hydrogen-bond acceptors (Lipinski definition) is 4. The fourth-order valence-electron chi connectivity index (χ4n) is 4.36. The summed E-state index contributed by atoms with van der Waals surface area (Å²) < 4.78 is 6.49. The van der Waals surface area contributed by atoms with E-state index in [9.17, 15) is 0 Å². The van der Waals surface area contributed by atoms with Gasteiger partial charge in [0.05, 0.1) is 0 Å². The summed E-state index contributed by atoms with van der Waals surface area (Å²) in [6.07, 6.45) is 5.51. The second-order valence-electron chi connectivity index (χ2n) is 7.35. The van der Waals surface area contributed by atoms with Crippen LogP contribution in [0.4, 0.5) is 5.82 Å². The van der Waals surface area contributed by atoms with E-state index in [0.717, 1.165) is 65.5 Å². The summed E-state index contributed by atoms with van der Waals surface area (Å²) in [4.78, 5) is 7.23. The summed E-state index contributed by atoms with van der Waals surface area (Å²) in [5, 5.41) is 11.9. The Bertz CT molecular complexity index is 1130. The molecule has 3 N–H and O–H groups in total. The number of aliphatic imine (C=N–C) groups is 1. The lowest BCUT2D eigenvalue weighted by Crippen LogP contribution is -2.24. The minimum absolute atomic E-state index is 0.122. The van der Waals surface area contributed by atoms with Gasteiger partial charge in [0, 0.05) is 65.1 Å². The summed E-state index contributed by atoms with van der Waals surface area (Å²) in [5.41, 5.74) is 7.48. The Morgan fingerprint density at radius 3 is 3.10 bits per heavy atom. The summed E-state index contributed by atoms with van der Waals surface area (Å²) >= 11 is 6.49. The molecule has 0 saturated heterocycles. The number of nitrogens with zero attached hydrogens (tertiary/aromatic N) is 2. The molecule has 148 valence electrons. The number of allylic oxidation sites excluding steroid dienone is 1. The van der Waals surface area contributed by atoms with E-state index in [1.165, 1.54) is 11.3 Å². The second kappa shape index (κ2) is 7.21. The third-order valence-electron chi connectivity index (χ3n) is 5.69. The molecule has 5 rings (SSSR count). The van der Waals surface area contributed by atoms with E-state index in [-0.39, 0.29) is 6.10 Å². The van der Waals surface area contributed by atoms with Gasteiger partial charge < -0.3 is 15.0 Å². The molecule has 29 heavy (non-hydrogen) atoms. The molecule has 6 nitrogen and oxygen atoms in total. The van der Waals surface area contributed by atoms with Gasteiger partial charge >= 0.3 is 0 Å². The fraction of sp³-hybridized carbons (Fsp3) is 0.273. The molecule has 1 aromatic carbocycles. The fourth-order valence-corrected chi connectivity index (χ4v) is 4.60. The quantitative estimate of drug-likeness (QED) is 0.557. The monoisotopic (exact) mass is 407 g/mol. The maximum Gasteiger partial charge on any atom is 0.147 e. The summed E-state index contributed by atoms with van der Waals surface area (Å²) in [7, 11) is 0. The van der Waals surface area contributed by atoms with E-state index in [4.69, 9.17) is 16.3 Å². The first-order valence-electron chi connectivity index (χ1n) is 9.76. The highest BCUT2D eigenvalue weighted by molar-refractivity contribution is 6.31. The number of nitrogens with one attached hydrogen (secondary N) is 3. The number of aromatic amines is 2. The van der Waals surface area contributed by atoms with Crippen LogP contribution < -0.4 is 10.1 Å². The molecule has 1 unspecified atom stereocenters. The topological polar surface area (TPSA) is 78.1 Å².